The van der Waals surface area contributed by atoms with Crippen LogP contribution in [0.2, 0.25) is 5.02 Å². The Morgan fingerprint density at radius 2 is 1.87 bits per heavy atom. The van der Waals surface area contributed by atoms with Crippen LogP contribution in [0.25, 0.3) is 0 Å². The van der Waals surface area contributed by atoms with Crippen LogP contribution >= 0.6 is 23.5 Å². The van der Waals surface area contributed by atoms with Crippen LogP contribution in [0.3, 0.4) is 0 Å². The van der Waals surface area contributed by atoms with Crippen LogP contribution in [0.5, 0.6) is 0 Å². The summed E-state index contributed by atoms with van der Waals surface area (Å²) in [6, 6.07) is 4.53. The van der Waals surface area contributed by atoms with Gasteiger partial charge in [-0.3, -0.25) is 4.79 Å². The molecule has 23 heavy (non-hydrogen) atoms. The molecule has 0 atom stereocenters. The lowest BCUT2D eigenvalue weighted by Gasteiger charge is -2.19. The Balaban J connectivity index is 1.89. The minimum atomic E-state index is -1.59. The Kier molecular flexibility index (Phi) is 4.38. The fourth-order valence-corrected chi connectivity index (χ4v) is 2.99. The zero-order valence-corrected chi connectivity index (χ0v) is 12.9. The lowest BCUT2D eigenvalue weighted by Crippen LogP contribution is -2.21. The molecule has 2 aromatic rings. The maximum absolute atomic E-state index is 13.2. The highest BCUT2D eigenvalue weighted by Crippen LogP contribution is 2.33. The summed E-state index contributed by atoms with van der Waals surface area (Å²) in [4.78, 5) is 13.0. The number of halogens is 4. The van der Waals surface area contributed by atoms with E-state index in [0.29, 0.717) is 18.8 Å². The number of hydrogen-bond acceptors (Lipinski definition) is 4. The van der Waals surface area contributed by atoms with E-state index in [1.165, 1.54) is 11.9 Å². The molecule has 0 spiro atoms. The van der Waals surface area contributed by atoms with Crippen molar-refractivity contribution in [2.45, 2.75) is 4.90 Å². The molecule has 3 rings (SSSR count). The minimum Gasteiger partial charge on any atom is -0.371 e. The number of carbonyl (C=O) groups is 1. The molecule has 0 aromatic heterocycles. The number of anilines is 2. The highest BCUT2D eigenvalue weighted by Gasteiger charge is 2.18. The van der Waals surface area contributed by atoms with Crippen molar-refractivity contribution in [1.29, 1.82) is 0 Å². The molecule has 0 saturated heterocycles. The summed E-state index contributed by atoms with van der Waals surface area (Å²) in [5, 5.41) is 5.53. The summed E-state index contributed by atoms with van der Waals surface area (Å²) in [6.45, 7) is 0.549. The van der Waals surface area contributed by atoms with Crippen LogP contribution in [-0.4, -0.2) is 12.6 Å². The van der Waals surface area contributed by atoms with E-state index < -0.39 is 23.4 Å². The molecule has 1 heterocycles. The molecule has 0 bridgehead atoms. The van der Waals surface area contributed by atoms with Crippen molar-refractivity contribution >= 4 is 40.8 Å². The van der Waals surface area contributed by atoms with Crippen molar-refractivity contribution in [1.82, 2.24) is 4.72 Å². The lowest BCUT2D eigenvalue weighted by molar-refractivity contribution is 0.102. The summed E-state index contributed by atoms with van der Waals surface area (Å²) in [5.74, 6) is -5.03. The van der Waals surface area contributed by atoms with E-state index in [1.807, 2.05) is 0 Å². The third kappa shape index (κ3) is 3.24. The van der Waals surface area contributed by atoms with Crippen molar-refractivity contribution in [3.8, 4) is 0 Å². The molecule has 3 N–H and O–H groups in total. The largest absolute Gasteiger partial charge is 0.371 e. The van der Waals surface area contributed by atoms with Gasteiger partial charge < -0.3 is 10.6 Å². The number of nitrogens with one attached hydrogen (secondary N) is 3. The lowest BCUT2D eigenvalue weighted by atomic mass is 10.1. The van der Waals surface area contributed by atoms with Crippen LogP contribution in [0.4, 0.5) is 24.5 Å². The summed E-state index contributed by atoms with van der Waals surface area (Å²) >= 11 is 7.39. The maximum Gasteiger partial charge on any atom is 0.257 e. The molecule has 0 aliphatic carbocycles. The molecule has 9 heteroatoms. The first kappa shape index (κ1) is 16.0. The molecule has 120 valence electrons. The van der Waals surface area contributed by atoms with Gasteiger partial charge in [0, 0.05) is 22.7 Å². The van der Waals surface area contributed by atoms with Crippen LogP contribution in [0.1, 0.15) is 10.4 Å². The second-order valence-electron chi connectivity index (χ2n) is 4.64. The summed E-state index contributed by atoms with van der Waals surface area (Å²) in [7, 11) is 0. The third-order valence-electron chi connectivity index (χ3n) is 3.09. The van der Waals surface area contributed by atoms with Crippen LogP contribution in [-0.2, 0) is 0 Å². The highest BCUT2D eigenvalue weighted by molar-refractivity contribution is 7.97. The van der Waals surface area contributed by atoms with Gasteiger partial charge in [0.2, 0.25) is 0 Å². The number of carbonyl (C=O) groups excluding carboxylic acids is 1. The van der Waals surface area contributed by atoms with Crippen molar-refractivity contribution in [2.24, 2.45) is 0 Å². The maximum atomic E-state index is 13.2. The summed E-state index contributed by atoms with van der Waals surface area (Å²) in [6.07, 6.45) is 0. The van der Waals surface area contributed by atoms with Gasteiger partial charge in [-0.1, -0.05) is 11.6 Å². The van der Waals surface area contributed by atoms with Gasteiger partial charge in [0.15, 0.2) is 17.5 Å². The van der Waals surface area contributed by atoms with Gasteiger partial charge in [-0.25, -0.2) is 17.9 Å². The highest BCUT2D eigenvalue weighted by atomic mass is 35.5. The van der Waals surface area contributed by atoms with E-state index in [1.54, 1.807) is 12.1 Å². The summed E-state index contributed by atoms with van der Waals surface area (Å²) in [5.41, 5.74) is 0.701. The van der Waals surface area contributed by atoms with Crippen LogP contribution in [0, 0.1) is 17.5 Å². The second kappa shape index (κ2) is 6.31. The Morgan fingerprint density at radius 3 is 2.57 bits per heavy atom. The number of fused-ring (bicyclic) bond motifs is 1. The molecule has 4 nitrogen and oxygen atoms in total. The Bertz CT molecular complexity index is 780. The molecular formula is C14H9ClF3N3OS. The molecule has 0 fully saturated rings. The zero-order chi connectivity index (χ0) is 16.6. The van der Waals surface area contributed by atoms with E-state index in [4.69, 9.17) is 11.6 Å². The Labute approximate surface area is 138 Å². The predicted octanol–water partition coefficient (Wildman–Crippen LogP) is 3.99. The first-order valence-electron chi connectivity index (χ1n) is 6.38. The van der Waals surface area contributed by atoms with Crippen molar-refractivity contribution in [3.05, 3.63) is 52.3 Å². The van der Waals surface area contributed by atoms with Crippen LogP contribution in [0.15, 0.2) is 29.2 Å². The first-order valence-corrected chi connectivity index (χ1v) is 7.58. The Morgan fingerprint density at radius 1 is 1.17 bits per heavy atom. The van der Waals surface area contributed by atoms with E-state index >= 15 is 0 Å². The summed E-state index contributed by atoms with van der Waals surface area (Å²) < 4.78 is 42.3. The number of rotatable bonds is 2. The normalized spacial score (nSPS) is 13.2. The minimum absolute atomic E-state index is 0.133. The van der Waals surface area contributed by atoms with Gasteiger partial charge in [-0.15, -0.1) is 0 Å². The van der Waals surface area contributed by atoms with Gasteiger partial charge >= 0.3 is 0 Å². The van der Waals surface area contributed by atoms with Crippen molar-refractivity contribution in [3.63, 3.8) is 0 Å². The Hall–Kier alpha value is -1.90. The van der Waals surface area contributed by atoms with E-state index in [0.717, 1.165) is 10.6 Å². The van der Waals surface area contributed by atoms with Gasteiger partial charge in [0.05, 0.1) is 22.9 Å². The average Bonchev–Trinajstić information content (AvgIpc) is 2.51. The topological polar surface area (TPSA) is 53.2 Å². The van der Waals surface area contributed by atoms with Gasteiger partial charge in [0.25, 0.3) is 5.91 Å². The van der Waals surface area contributed by atoms with Crippen LogP contribution < -0.4 is 15.4 Å². The average molecular weight is 360 g/mol. The SMILES string of the molecule is O=C(Nc1cc(F)c(F)c(F)c1)c1cc2c(cc1Cl)NCNS2. The van der Waals surface area contributed by atoms with Gasteiger partial charge in [-0.05, 0) is 24.1 Å². The van der Waals surface area contributed by atoms with Crippen molar-refractivity contribution < 1.29 is 18.0 Å². The fourth-order valence-electron chi connectivity index (χ4n) is 2.02. The molecule has 0 saturated carbocycles. The molecule has 1 amide bonds. The fraction of sp³-hybridized carbons (Fsp3) is 0.0714. The number of benzene rings is 2. The molecule has 2 aromatic carbocycles. The van der Waals surface area contributed by atoms with Gasteiger partial charge in [0.1, 0.15) is 0 Å². The monoisotopic (exact) mass is 359 g/mol. The molecule has 0 radical (unpaired) electrons. The molecule has 1 aliphatic rings. The van der Waals surface area contributed by atoms with E-state index in [-0.39, 0.29) is 16.3 Å². The molecular weight excluding hydrogens is 351 g/mol. The number of hydrogen-bond donors (Lipinski definition) is 3. The second-order valence-corrected chi connectivity index (χ2v) is 5.98. The number of amides is 1. The molecule has 0 unspecified atom stereocenters. The standard InChI is InChI=1S/C14H9ClF3N3OS/c15-8-4-11-12(23-20-5-19-11)3-7(8)14(22)21-6-1-9(16)13(18)10(17)2-6/h1-4,19-20H,5H2,(H,21,22). The molecule has 1 aliphatic heterocycles. The third-order valence-corrected chi connectivity index (χ3v) is 4.25. The quantitative estimate of drug-likeness (QED) is 0.560. The predicted molar refractivity (Wildman–Crippen MR) is 83.2 cm³/mol. The van der Waals surface area contributed by atoms with Gasteiger partial charge in [-0.2, -0.15) is 0 Å². The first-order chi connectivity index (χ1) is 11.0. The smallest absolute Gasteiger partial charge is 0.257 e. The van der Waals surface area contributed by atoms with Crippen molar-refractivity contribution in [2.75, 3.05) is 17.3 Å². The van der Waals surface area contributed by atoms with E-state index in [9.17, 15) is 18.0 Å². The van der Waals surface area contributed by atoms with E-state index in [2.05, 4.69) is 15.4 Å². The zero-order valence-electron chi connectivity index (χ0n) is 11.3.